The fourth-order valence-electron chi connectivity index (χ4n) is 3.55. The van der Waals surface area contributed by atoms with Crippen LogP contribution in [0.1, 0.15) is 43.2 Å². The molecule has 2 N–H and O–H groups in total. The molecule has 0 aromatic heterocycles. The summed E-state index contributed by atoms with van der Waals surface area (Å²) in [6, 6.07) is 7.27. The molecule has 6 nitrogen and oxygen atoms in total. The number of hydrogen-bond donors (Lipinski definition) is 2. The Kier molecular flexibility index (Phi) is 6.97. The molecule has 1 aliphatic heterocycles. The number of fused-ring (bicyclic) bond motifs is 1. The first kappa shape index (κ1) is 25.5. The lowest BCUT2D eigenvalue weighted by atomic mass is 9.85. The van der Waals surface area contributed by atoms with Crippen LogP contribution in [0.5, 0.6) is 11.5 Å². The minimum Gasteiger partial charge on any atom is -0.481 e. The fraction of sp³-hybridized carbons (Fsp3) is 0.364. The molecule has 3 atom stereocenters. The van der Waals surface area contributed by atoms with Gasteiger partial charge in [0.05, 0.1) is 29.0 Å². The zero-order chi connectivity index (χ0) is 25.4. The Hall–Kier alpha value is -3.08. The molecule has 1 aliphatic rings. The molecule has 1 amide bonds. The SMILES string of the molecule is C[C@H](CC(=O)O)c1ccc(Cl)c(NC(=O)[C@@H](c2ccc3c(c2)OC(F)(F)O3)[C@@H](C)C(F)(F)F)c1. The van der Waals surface area contributed by atoms with Crippen molar-refractivity contribution >= 4 is 29.2 Å². The summed E-state index contributed by atoms with van der Waals surface area (Å²) >= 11 is 6.11. The lowest BCUT2D eigenvalue weighted by Gasteiger charge is -2.26. The zero-order valence-electron chi connectivity index (χ0n) is 17.8. The van der Waals surface area contributed by atoms with Crippen LogP contribution >= 0.6 is 11.6 Å². The third-order valence-electron chi connectivity index (χ3n) is 5.38. The molecule has 0 fully saturated rings. The highest BCUT2D eigenvalue weighted by Crippen LogP contribution is 2.45. The van der Waals surface area contributed by atoms with Crippen LogP contribution in [0.3, 0.4) is 0 Å². The number of carbonyl (C=O) groups excluding carboxylic acids is 1. The highest BCUT2D eigenvalue weighted by atomic mass is 35.5. The van der Waals surface area contributed by atoms with Crippen LogP contribution in [0, 0.1) is 5.92 Å². The molecule has 2 aromatic carbocycles. The van der Waals surface area contributed by atoms with Gasteiger partial charge >= 0.3 is 18.4 Å². The molecule has 3 rings (SSSR count). The Morgan fingerprint density at radius 3 is 2.29 bits per heavy atom. The smallest absolute Gasteiger partial charge is 0.481 e. The highest BCUT2D eigenvalue weighted by Gasteiger charge is 2.47. The summed E-state index contributed by atoms with van der Waals surface area (Å²) in [6.45, 7) is 2.41. The standard InChI is InChI=1S/C22H19ClF5NO5/c1-10(7-18(30)31)12-3-5-14(23)15(8-12)29-20(32)19(11(2)21(24,25)26)13-4-6-16-17(9-13)34-22(27,28)33-16/h3-6,8-11,19H,7H2,1-2H3,(H,29,32)(H,30,31)/t10-,11-,19-/m1/s1. The van der Waals surface area contributed by atoms with Crippen LogP contribution in [0.2, 0.25) is 5.02 Å². The van der Waals surface area contributed by atoms with E-state index >= 15 is 0 Å². The molecular formula is C22H19ClF5NO5. The minimum absolute atomic E-state index is 0.0170. The third-order valence-corrected chi connectivity index (χ3v) is 5.71. The molecule has 0 bridgehead atoms. The first-order valence-corrected chi connectivity index (χ1v) is 10.3. The molecule has 184 valence electrons. The van der Waals surface area contributed by atoms with Crippen molar-refractivity contribution < 1.29 is 46.1 Å². The van der Waals surface area contributed by atoms with Crippen LogP contribution in [0.15, 0.2) is 36.4 Å². The quantitative estimate of drug-likeness (QED) is 0.438. The van der Waals surface area contributed by atoms with E-state index in [-0.39, 0.29) is 28.4 Å². The maximum Gasteiger partial charge on any atom is 0.586 e. The van der Waals surface area contributed by atoms with Crippen LogP contribution in [0.4, 0.5) is 27.6 Å². The van der Waals surface area contributed by atoms with E-state index in [9.17, 15) is 31.5 Å². The van der Waals surface area contributed by atoms with Crippen LogP contribution in [-0.4, -0.2) is 29.5 Å². The van der Waals surface area contributed by atoms with E-state index in [2.05, 4.69) is 14.8 Å². The number of rotatable bonds is 7. The number of carboxylic acid groups (broad SMARTS) is 1. The molecule has 0 spiro atoms. The van der Waals surface area contributed by atoms with Crippen molar-refractivity contribution in [2.75, 3.05) is 5.32 Å². The van der Waals surface area contributed by atoms with Gasteiger partial charge in [0.25, 0.3) is 0 Å². The number of amides is 1. The maximum absolute atomic E-state index is 13.6. The van der Waals surface area contributed by atoms with E-state index in [1.54, 1.807) is 13.0 Å². The summed E-state index contributed by atoms with van der Waals surface area (Å²) in [6.07, 6.45) is -9.00. The van der Waals surface area contributed by atoms with E-state index in [4.69, 9.17) is 16.7 Å². The average Bonchev–Trinajstić information content (AvgIpc) is 3.01. The Morgan fingerprint density at radius 1 is 1.06 bits per heavy atom. The van der Waals surface area contributed by atoms with Gasteiger partial charge in [-0.15, -0.1) is 8.78 Å². The summed E-state index contributed by atoms with van der Waals surface area (Å²) in [5.74, 6) is -7.56. The van der Waals surface area contributed by atoms with E-state index in [0.29, 0.717) is 5.56 Å². The number of nitrogens with one attached hydrogen (secondary N) is 1. The van der Waals surface area contributed by atoms with E-state index in [1.165, 1.54) is 12.1 Å². The fourth-order valence-corrected chi connectivity index (χ4v) is 3.72. The lowest BCUT2D eigenvalue weighted by molar-refractivity contribution is -0.286. The Labute approximate surface area is 195 Å². The second kappa shape index (κ2) is 9.28. The molecule has 0 saturated heterocycles. The van der Waals surface area contributed by atoms with Crippen LogP contribution < -0.4 is 14.8 Å². The summed E-state index contributed by atoms with van der Waals surface area (Å²) in [7, 11) is 0. The Bertz CT molecular complexity index is 1110. The number of benzene rings is 2. The van der Waals surface area contributed by atoms with Gasteiger partial charge in [-0.1, -0.05) is 37.6 Å². The first-order valence-electron chi connectivity index (χ1n) is 9.96. The number of halogens is 6. The number of hydrogen-bond acceptors (Lipinski definition) is 4. The van der Waals surface area contributed by atoms with Crippen molar-refractivity contribution in [3.63, 3.8) is 0 Å². The Balaban J connectivity index is 1.95. The molecule has 0 aliphatic carbocycles. The number of carbonyl (C=O) groups is 2. The number of aliphatic carboxylic acids is 1. The van der Waals surface area contributed by atoms with Gasteiger partial charge in [0.2, 0.25) is 5.91 Å². The Morgan fingerprint density at radius 2 is 1.68 bits per heavy atom. The van der Waals surface area contributed by atoms with E-state index in [0.717, 1.165) is 25.1 Å². The topological polar surface area (TPSA) is 84.9 Å². The van der Waals surface area contributed by atoms with Crippen molar-refractivity contribution in [1.29, 1.82) is 0 Å². The van der Waals surface area contributed by atoms with Crippen LogP contribution in [-0.2, 0) is 9.59 Å². The number of alkyl halides is 5. The summed E-state index contributed by atoms with van der Waals surface area (Å²) in [4.78, 5) is 24.0. The second-order valence-electron chi connectivity index (χ2n) is 7.91. The second-order valence-corrected chi connectivity index (χ2v) is 8.32. The summed E-state index contributed by atoms with van der Waals surface area (Å²) < 4.78 is 76.1. The zero-order valence-corrected chi connectivity index (χ0v) is 18.5. The predicted molar refractivity (Wildman–Crippen MR) is 111 cm³/mol. The van der Waals surface area contributed by atoms with Gasteiger partial charge in [0.15, 0.2) is 11.5 Å². The van der Waals surface area contributed by atoms with Gasteiger partial charge < -0.3 is 19.9 Å². The largest absolute Gasteiger partial charge is 0.586 e. The van der Waals surface area contributed by atoms with E-state index in [1.807, 2.05) is 0 Å². The number of carboxylic acids is 1. The van der Waals surface area contributed by atoms with Crippen molar-refractivity contribution in [2.45, 2.75) is 44.6 Å². The number of anilines is 1. The van der Waals surface area contributed by atoms with Crippen molar-refractivity contribution in [3.8, 4) is 11.5 Å². The normalized spacial score (nSPS) is 17.1. The molecule has 0 unspecified atom stereocenters. The monoisotopic (exact) mass is 507 g/mol. The molecule has 34 heavy (non-hydrogen) atoms. The third kappa shape index (κ3) is 5.69. The van der Waals surface area contributed by atoms with Crippen molar-refractivity contribution in [2.24, 2.45) is 5.92 Å². The molecule has 2 aromatic rings. The van der Waals surface area contributed by atoms with Gasteiger partial charge in [-0.25, -0.2) is 0 Å². The van der Waals surface area contributed by atoms with Crippen molar-refractivity contribution in [3.05, 3.63) is 52.5 Å². The van der Waals surface area contributed by atoms with Gasteiger partial charge in [-0.05, 0) is 41.3 Å². The van der Waals surface area contributed by atoms with E-state index < -0.39 is 47.9 Å². The summed E-state index contributed by atoms with van der Waals surface area (Å²) in [5.41, 5.74) is 0.245. The molecular weight excluding hydrogens is 489 g/mol. The van der Waals surface area contributed by atoms with Gasteiger partial charge in [-0.2, -0.15) is 13.2 Å². The number of ether oxygens (including phenoxy) is 2. The summed E-state index contributed by atoms with van der Waals surface area (Å²) in [5, 5.41) is 11.4. The molecule has 0 radical (unpaired) electrons. The van der Waals surface area contributed by atoms with Gasteiger partial charge in [0.1, 0.15) is 0 Å². The molecule has 12 heteroatoms. The maximum atomic E-state index is 13.6. The van der Waals surface area contributed by atoms with Gasteiger partial charge in [-0.3, -0.25) is 9.59 Å². The average molecular weight is 508 g/mol. The molecule has 0 saturated carbocycles. The van der Waals surface area contributed by atoms with Gasteiger partial charge in [0, 0.05) is 0 Å². The molecule has 1 heterocycles. The predicted octanol–water partition coefficient (Wildman–Crippen LogP) is 6.16. The first-order chi connectivity index (χ1) is 15.7. The van der Waals surface area contributed by atoms with Crippen LogP contribution in [0.25, 0.3) is 0 Å². The lowest BCUT2D eigenvalue weighted by Crippen LogP contribution is -2.34. The minimum atomic E-state index is -4.80. The van der Waals surface area contributed by atoms with Crippen molar-refractivity contribution in [1.82, 2.24) is 0 Å². The highest BCUT2D eigenvalue weighted by molar-refractivity contribution is 6.33.